The predicted octanol–water partition coefficient (Wildman–Crippen LogP) is 6.68. The molecule has 0 bridgehead atoms. The quantitative estimate of drug-likeness (QED) is 0.220. The van der Waals surface area contributed by atoms with Crippen molar-refractivity contribution in [3.05, 3.63) is 96.8 Å². The first kappa shape index (κ1) is 26.7. The average molecular weight is 641 g/mol. The lowest BCUT2D eigenvalue weighted by Crippen LogP contribution is -2.23. The number of esters is 1. The summed E-state index contributed by atoms with van der Waals surface area (Å²) in [4.78, 5) is 31.1. The summed E-state index contributed by atoms with van der Waals surface area (Å²) in [5.41, 5.74) is 3.18. The largest absolute Gasteiger partial charge is 0.486 e. The van der Waals surface area contributed by atoms with Gasteiger partial charge >= 0.3 is 5.97 Å². The van der Waals surface area contributed by atoms with Crippen molar-refractivity contribution in [1.29, 1.82) is 5.26 Å². The number of amidine groups is 1. The second kappa shape index (κ2) is 11.8. The van der Waals surface area contributed by atoms with Crippen LogP contribution in [0.15, 0.2) is 79.5 Å². The molecular weight excluding hydrogens is 622 g/mol. The van der Waals surface area contributed by atoms with E-state index in [1.807, 2.05) is 30.3 Å². The molecule has 1 saturated heterocycles. The van der Waals surface area contributed by atoms with Crippen LogP contribution in [-0.2, 0) is 16.1 Å². The highest BCUT2D eigenvalue weighted by Gasteiger charge is 2.30. The van der Waals surface area contributed by atoms with E-state index in [9.17, 15) is 14.9 Å². The van der Waals surface area contributed by atoms with Gasteiger partial charge in [-0.2, -0.15) is 5.26 Å². The fourth-order valence-electron chi connectivity index (χ4n) is 3.41. The Labute approximate surface area is 235 Å². The number of benzene rings is 3. The number of nitrogens with zero attached hydrogens (tertiary/aromatic N) is 3. The number of carbonyl (C=O) groups excluding carboxylic acids is 2. The number of nitriles is 1. The summed E-state index contributed by atoms with van der Waals surface area (Å²) < 4.78 is 12.1. The van der Waals surface area contributed by atoms with Crippen LogP contribution in [0.3, 0.4) is 0 Å². The first-order valence-corrected chi connectivity index (χ1v) is 13.3. The lowest BCUT2D eigenvalue weighted by molar-refractivity contribution is -0.121. The molecule has 0 unspecified atom stereocenters. The minimum Gasteiger partial charge on any atom is -0.486 e. The molecule has 0 atom stereocenters. The van der Waals surface area contributed by atoms with Crippen molar-refractivity contribution < 1.29 is 19.1 Å². The third kappa shape index (κ3) is 6.13. The fraction of sp³-hybridized carbons (Fsp3) is 0.111. The number of thioether (sulfide) groups is 1. The van der Waals surface area contributed by atoms with E-state index in [0.29, 0.717) is 41.6 Å². The number of methoxy groups -OCH3 is 1. The van der Waals surface area contributed by atoms with Crippen molar-refractivity contribution in [3.63, 3.8) is 0 Å². The molecule has 0 aliphatic carbocycles. The molecule has 0 radical (unpaired) electrons. The van der Waals surface area contributed by atoms with Crippen LogP contribution in [-0.4, -0.2) is 36.1 Å². The summed E-state index contributed by atoms with van der Waals surface area (Å²) in [5, 5.41) is 9.81. The smallest absolute Gasteiger partial charge is 0.337 e. The number of rotatable bonds is 6. The van der Waals surface area contributed by atoms with Crippen molar-refractivity contribution in [2.24, 2.45) is 4.99 Å². The number of aliphatic imine (C=N–C) groups is 1. The Bertz CT molecular complexity index is 1460. The van der Waals surface area contributed by atoms with E-state index in [4.69, 9.17) is 9.47 Å². The van der Waals surface area contributed by atoms with E-state index in [2.05, 4.69) is 42.9 Å². The van der Waals surface area contributed by atoms with Crippen LogP contribution in [0.4, 0.5) is 5.69 Å². The van der Waals surface area contributed by atoms with Gasteiger partial charge in [0.05, 0.1) is 43.8 Å². The third-order valence-electron chi connectivity index (χ3n) is 5.34. The molecule has 1 aliphatic heterocycles. The minimum atomic E-state index is -0.423. The van der Waals surface area contributed by atoms with Crippen LogP contribution in [0.25, 0.3) is 6.08 Å². The van der Waals surface area contributed by atoms with Crippen LogP contribution in [0, 0.1) is 11.3 Å². The van der Waals surface area contributed by atoms with Gasteiger partial charge in [-0.15, -0.1) is 0 Å². The molecule has 186 valence electrons. The summed E-state index contributed by atoms with van der Waals surface area (Å²) in [6, 6.07) is 19.8. The fourth-order valence-corrected chi connectivity index (χ4v) is 5.85. The molecule has 37 heavy (non-hydrogen) atoms. The molecule has 1 heterocycles. The van der Waals surface area contributed by atoms with Gasteiger partial charge in [0.2, 0.25) is 0 Å². The third-order valence-corrected chi connectivity index (χ3v) is 7.58. The zero-order valence-corrected chi connectivity index (χ0v) is 23.7. The molecule has 3 aromatic carbocycles. The predicted molar refractivity (Wildman–Crippen MR) is 151 cm³/mol. The first-order valence-electron chi connectivity index (χ1n) is 10.8. The SMILES string of the molecule is COC(=O)c1ccc(N=C2SC(=Cc3cc(Br)c(OCc4ccccc4C#N)c(Br)c3)C(=O)N2C)cc1. The summed E-state index contributed by atoms with van der Waals surface area (Å²) in [7, 11) is 2.99. The molecule has 3 aromatic rings. The van der Waals surface area contributed by atoms with Crippen LogP contribution in [0.2, 0.25) is 0 Å². The molecule has 0 aromatic heterocycles. The normalized spacial score (nSPS) is 15.2. The highest BCUT2D eigenvalue weighted by Crippen LogP contribution is 2.38. The molecule has 1 amide bonds. The second-order valence-electron chi connectivity index (χ2n) is 7.78. The van der Waals surface area contributed by atoms with Gasteiger partial charge in [0.15, 0.2) is 5.17 Å². The highest BCUT2D eigenvalue weighted by atomic mass is 79.9. The lowest BCUT2D eigenvalue weighted by atomic mass is 10.1. The number of ether oxygens (including phenoxy) is 2. The maximum Gasteiger partial charge on any atom is 0.337 e. The maximum atomic E-state index is 12.9. The summed E-state index contributed by atoms with van der Waals surface area (Å²) in [6.45, 7) is 0.237. The highest BCUT2D eigenvalue weighted by molar-refractivity contribution is 9.11. The number of hydrogen-bond donors (Lipinski definition) is 0. The van der Waals surface area contributed by atoms with Crippen LogP contribution < -0.4 is 4.74 Å². The van der Waals surface area contributed by atoms with Gasteiger partial charge in [-0.05, 0) is 97.7 Å². The molecule has 1 fully saturated rings. The molecule has 0 N–H and O–H groups in total. The number of hydrogen-bond acceptors (Lipinski definition) is 7. The van der Waals surface area contributed by atoms with E-state index in [1.54, 1.807) is 43.5 Å². The van der Waals surface area contributed by atoms with Gasteiger partial charge in [0.1, 0.15) is 12.4 Å². The lowest BCUT2D eigenvalue weighted by Gasteiger charge is -2.12. The standard InChI is InChI=1S/C27H19Br2N3O4S/c1-32-25(33)23(37-27(32)31-20-9-7-17(8-10-20)26(34)35-2)13-16-11-21(28)24(22(29)12-16)36-15-19-6-4-3-5-18(19)14-30/h3-13H,15H2,1-2H3. The Kier molecular flexibility index (Phi) is 8.48. The van der Waals surface area contributed by atoms with Crippen molar-refractivity contribution in [2.45, 2.75) is 6.61 Å². The Balaban J connectivity index is 1.52. The van der Waals surface area contributed by atoms with E-state index >= 15 is 0 Å². The van der Waals surface area contributed by atoms with Gasteiger partial charge in [-0.1, -0.05) is 18.2 Å². The summed E-state index contributed by atoms with van der Waals surface area (Å²) in [5.74, 6) is -0.00152. The van der Waals surface area contributed by atoms with Crippen LogP contribution in [0.1, 0.15) is 27.0 Å². The van der Waals surface area contributed by atoms with E-state index in [-0.39, 0.29) is 12.5 Å². The van der Waals surface area contributed by atoms with Crippen LogP contribution >= 0.6 is 43.6 Å². The molecule has 10 heteroatoms. The van der Waals surface area contributed by atoms with E-state index in [0.717, 1.165) is 11.1 Å². The van der Waals surface area contributed by atoms with Gasteiger partial charge in [0.25, 0.3) is 5.91 Å². The zero-order valence-electron chi connectivity index (χ0n) is 19.7. The van der Waals surface area contributed by atoms with E-state index in [1.165, 1.54) is 23.8 Å². The number of halogens is 2. The topological polar surface area (TPSA) is 92.0 Å². The van der Waals surface area contributed by atoms with Gasteiger partial charge < -0.3 is 9.47 Å². The first-order chi connectivity index (χ1) is 17.8. The average Bonchev–Trinajstić information content (AvgIpc) is 3.15. The molecule has 7 nitrogen and oxygen atoms in total. The molecular formula is C27H19Br2N3O4S. The molecule has 4 rings (SSSR count). The Hall–Kier alpha value is -3.39. The number of carbonyl (C=O) groups is 2. The molecule has 0 saturated carbocycles. The zero-order chi connectivity index (χ0) is 26.5. The summed E-state index contributed by atoms with van der Waals surface area (Å²) >= 11 is 8.37. The van der Waals surface area contributed by atoms with Gasteiger partial charge in [0, 0.05) is 12.6 Å². The monoisotopic (exact) mass is 639 g/mol. The maximum absolute atomic E-state index is 12.9. The number of likely N-dealkylation sites (N-methyl/N-ethyl adjacent to an activating group) is 1. The van der Waals surface area contributed by atoms with Crippen molar-refractivity contribution in [2.75, 3.05) is 14.2 Å². The van der Waals surface area contributed by atoms with Gasteiger partial charge in [-0.3, -0.25) is 9.69 Å². The van der Waals surface area contributed by atoms with E-state index < -0.39 is 5.97 Å². The van der Waals surface area contributed by atoms with Crippen molar-refractivity contribution in [1.82, 2.24) is 4.90 Å². The van der Waals surface area contributed by atoms with Crippen LogP contribution in [0.5, 0.6) is 5.75 Å². The minimum absolute atomic E-state index is 0.171. The summed E-state index contributed by atoms with van der Waals surface area (Å²) in [6.07, 6.45) is 1.79. The number of amides is 1. The van der Waals surface area contributed by atoms with Gasteiger partial charge in [-0.25, -0.2) is 9.79 Å². The Morgan fingerprint density at radius 3 is 2.46 bits per heavy atom. The molecule has 1 aliphatic rings. The van der Waals surface area contributed by atoms with Crippen molar-refractivity contribution in [3.8, 4) is 11.8 Å². The van der Waals surface area contributed by atoms with Crippen molar-refractivity contribution >= 4 is 72.4 Å². The Morgan fingerprint density at radius 2 is 1.81 bits per heavy atom. The molecule has 0 spiro atoms. The second-order valence-corrected chi connectivity index (χ2v) is 10.5. The Morgan fingerprint density at radius 1 is 1.14 bits per heavy atom.